The Morgan fingerprint density at radius 1 is 1.59 bits per heavy atom. The molecule has 5 nitrogen and oxygen atoms in total. The smallest absolute Gasteiger partial charge is 0.222 e. The van der Waals surface area contributed by atoms with E-state index in [-0.39, 0.29) is 18.3 Å². The van der Waals surface area contributed by atoms with E-state index in [1.54, 1.807) is 19.4 Å². The summed E-state index contributed by atoms with van der Waals surface area (Å²) in [7, 11) is 1.67. The number of aryl methyl sites for hydroxylation is 1. The molecule has 0 atom stereocenters. The van der Waals surface area contributed by atoms with Crippen LogP contribution in [0.3, 0.4) is 0 Å². The van der Waals surface area contributed by atoms with Gasteiger partial charge in [0.1, 0.15) is 5.82 Å². The highest BCUT2D eigenvalue weighted by atomic mass is 35.5. The third-order valence-corrected chi connectivity index (χ3v) is 2.12. The van der Waals surface area contributed by atoms with Gasteiger partial charge in [-0.15, -0.1) is 12.4 Å². The summed E-state index contributed by atoms with van der Waals surface area (Å²) in [5.74, 6) is 0.333. The van der Waals surface area contributed by atoms with Gasteiger partial charge >= 0.3 is 0 Å². The van der Waals surface area contributed by atoms with Gasteiger partial charge in [0.05, 0.1) is 0 Å². The number of halogens is 1. The maximum absolute atomic E-state index is 10.8. The van der Waals surface area contributed by atoms with Gasteiger partial charge in [0.2, 0.25) is 5.91 Å². The standard InChI is InChI=1S/C11H17N3O2.ClH/c1-8(15)14-11-6-10(12)9(7-13-11)4-3-5-16-2;/h6-7H,3-5H2,1-2H3,(H3,12,13,14,15);1H. The van der Waals surface area contributed by atoms with E-state index < -0.39 is 0 Å². The van der Waals surface area contributed by atoms with Crippen molar-refractivity contribution in [3.05, 3.63) is 17.8 Å². The number of aromatic nitrogens is 1. The molecule has 3 N–H and O–H groups in total. The third-order valence-electron chi connectivity index (χ3n) is 2.12. The number of nitrogens with zero attached hydrogens (tertiary/aromatic N) is 1. The van der Waals surface area contributed by atoms with Crippen molar-refractivity contribution < 1.29 is 9.53 Å². The molecule has 0 radical (unpaired) electrons. The highest BCUT2D eigenvalue weighted by molar-refractivity contribution is 5.88. The van der Waals surface area contributed by atoms with E-state index in [9.17, 15) is 4.79 Å². The molecule has 0 aliphatic rings. The van der Waals surface area contributed by atoms with Crippen molar-refractivity contribution in [2.24, 2.45) is 0 Å². The van der Waals surface area contributed by atoms with Crippen molar-refractivity contribution in [2.45, 2.75) is 19.8 Å². The Balaban J connectivity index is 0.00000256. The number of rotatable bonds is 5. The van der Waals surface area contributed by atoms with E-state index in [0.29, 0.717) is 18.1 Å². The van der Waals surface area contributed by atoms with Gasteiger partial charge < -0.3 is 15.8 Å². The van der Waals surface area contributed by atoms with Crippen LogP contribution < -0.4 is 11.1 Å². The van der Waals surface area contributed by atoms with Gasteiger partial charge in [-0.2, -0.15) is 0 Å². The molecule has 0 aliphatic heterocycles. The fourth-order valence-corrected chi connectivity index (χ4v) is 1.36. The number of nitrogens with one attached hydrogen (secondary N) is 1. The molecule has 1 rings (SSSR count). The van der Waals surface area contributed by atoms with Gasteiger partial charge in [0.15, 0.2) is 0 Å². The molecule has 1 heterocycles. The first kappa shape index (κ1) is 15.7. The summed E-state index contributed by atoms with van der Waals surface area (Å²) in [6.07, 6.45) is 3.42. The Bertz CT molecular complexity index is 372. The largest absolute Gasteiger partial charge is 0.398 e. The zero-order valence-electron chi connectivity index (χ0n) is 10.0. The Hall–Kier alpha value is -1.33. The van der Waals surface area contributed by atoms with E-state index in [1.165, 1.54) is 6.92 Å². The zero-order chi connectivity index (χ0) is 12.0. The normalized spacial score (nSPS) is 9.53. The number of amides is 1. The third kappa shape index (κ3) is 5.51. The molecule has 1 aromatic rings. The maximum atomic E-state index is 10.8. The first-order chi connectivity index (χ1) is 7.63. The van der Waals surface area contributed by atoms with Gasteiger partial charge in [-0.3, -0.25) is 4.79 Å². The monoisotopic (exact) mass is 259 g/mol. The predicted molar refractivity (Wildman–Crippen MR) is 70.4 cm³/mol. The van der Waals surface area contributed by atoms with Gasteiger partial charge in [0, 0.05) is 38.6 Å². The molecule has 96 valence electrons. The molecule has 1 aromatic heterocycles. The number of hydrogen-bond acceptors (Lipinski definition) is 4. The number of hydrogen-bond donors (Lipinski definition) is 2. The van der Waals surface area contributed by atoms with Crippen LogP contribution in [0.25, 0.3) is 0 Å². The molecule has 0 fully saturated rings. The molecule has 0 bridgehead atoms. The summed E-state index contributed by atoms with van der Waals surface area (Å²) in [6.45, 7) is 2.14. The summed E-state index contributed by atoms with van der Waals surface area (Å²) in [5, 5.41) is 2.59. The van der Waals surface area contributed by atoms with Gasteiger partial charge in [-0.25, -0.2) is 4.98 Å². The molecule has 0 saturated heterocycles. The van der Waals surface area contributed by atoms with E-state index in [1.807, 2.05) is 0 Å². The summed E-state index contributed by atoms with van der Waals surface area (Å²) >= 11 is 0. The fraction of sp³-hybridized carbons (Fsp3) is 0.455. The number of carbonyl (C=O) groups excluding carboxylic acids is 1. The van der Waals surface area contributed by atoms with Crippen LogP contribution in [0.1, 0.15) is 18.9 Å². The van der Waals surface area contributed by atoms with Crippen molar-refractivity contribution in [1.82, 2.24) is 4.98 Å². The van der Waals surface area contributed by atoms with Crippen LogP contribution in [0.2, 0.25) is 0 Å². The second-order valence-corrected chi connectivity index (χ2v) is 3.55. The van der Waals surface area contributed by atoms with Crippen LogP contribution in [0.15, 0.2) is 12.3 Å². The number of nitrogen functional groups attached to an aromatic ring is 1. The SMILES string of the molecule is COCCCc1cnc(NC(C)=O)cc1N.Cl. The predicted octanol–water partition coefficient (Wildman–Crippen LogP) is 1.62. The lowest BCUT2D eigenvalue weighted by Gasteiger charge is -2.07. The van der Waals surface area contributed by atoms with Crippen molar-refractivity contribution in [3.63, 3.8) is 0 Å². The van der Waals surface area contributed by atoms with Crippen molar-refractivity contribution >= 4 is 29.8 Å². The lowest BCUT2D eigenvalue weighted by atomic mass is 10.1. The first-order valence-corrected chi connectivity index (χ1v) is 5.14. The molecule has 0 unspecified atom stereocenters. The van der Waals surface area contributed by atoms with E-state index in [4.69, 9.17) is 10.5 Å². The van der Waals surface area contributed by atoms with Crippen LogP contribution >= 0.6 is 12.4 Å². The Labute approximate surface area is 107 Å². The second-order valence-electron chi connectivity index (χ2n) is 3.55. The van der Waals surface area contributed by atoms with Gasteiger partial charge in [0.25, 0.3) is 0 Å². The van der Waals surface area contributed by atoms with Gasteiger partial charge in [-0.05, 0) is 18.4 Å². The number of ether oxygens (including phenoxy) is 1. The molecule has 1 amide bonds. The molecule has 0 saturated carbocycles. The maximum Gasteiger partial charge on any atom is 0.222 e. The van der Waals surface area contributed by atoms with Crippen molar-refractivity contribution in [1.29, 1.82) is 0 Å². The summed E-state index contributed by atoms with van der Waals surface area (Å²) < 4.78 is 4.96. The zero-order valence-corrected chi connectivity index (χ0v) is 10.8. The number of methoxy groups -OCH3 is 1. The Kier molecular flexibility index (Phi) is 7.25. The average molecular weight is 260 g/mol. The highest BCUT2D eigenvalue weighted by Crippen LogP contribution is 2.16. The fourth-order valence-electron chi connectivity index (χ4n) is 1.36. The minimum absolute atomic E-state index is 0. The minimum atomic E-state index is -0.154. The highest BCUT2D eigenvalue weighted by Gasteiger charge is 2.03. The summed E-state index contributed by atoms with van der Waals surface area (Å²) in [6, 6.07) is 1.67. The summed E-state index contributed by atoms with van der Waals surface area (Å²) in [4.78, 5) is 14.9. The first-order valence-electron chi connectivity index (χ1n) is 5.14. The van der Waals surface area contributed by atoms with E-state index >= 15 is 0 Å². The van der Waals surface area contributed by atoms with Crippen LogP contribution in [0.4, 0.5) is 11.5 Å². The van der Waals surface area contributed by atoms with Crippen LogP contribution in [-0.2, 0) is 16.0 Å². The quantitative estimate of drug-likeness (QED) is 0.788. The molecule has 0 aliphatic carbocycles. The molecular formula is C11H18ClN3O2. The minimum Gasteiger partial charge on any atom is -0.398 e. The molecular weight excluding hydrogens is 242 g/mol. The molecule has 0 aromatic carbocycles. The summed E-state index contributed by atoms with van der Waals surface area (Å²) in [5.41, 5.74) is 7.47. The number of anilines is 2. The Morgan fingerprint density at radius 2 is 2.29 bits per heavy atom. The molecule has 17 heavy (non-hydrogen) atoms. The van der Waals surface area contributed by atoms with Crippen LogP contribution in [-0.4, -0.2) is 24.6 Å². The number of nitrogens with two attached hydrogens (primary N) is 1. The molecule has 6 heteroatoms. The Morgan fingerprint density at radius 3 is 2.82 bits per heavy atom. The van der Waals surface area contributed by atoms with Crippen molar-refractivity contribution in [3.8, 4) is 0 Å². The number of pyridine rings is 1. The van der Waals surface area contributed by atoms with E-state index in [0.717, 1.165) is 18.4 Å². The lowest BCUT2D eigenvalue weighted by Crippen LogP contribution is -2.08. The van der Waals surface area contributed by atoms with E-state index in [2.05, 4.69) is 10.3 Å². The lowest BCUT2D eigenvalue weighted by molar-refractivity contribution is -0.114. The van der Waals surface area contributed by atoms with Crippen LogP contribution in [0.5, 0.6) is 0 Å². The number of carbonyl (C=O) groups is 1. The topological polar surface area (TPSA) is 77.2 Å². The van der Waals surface area contributed by atoms with Gasteiger partial charge in [-0.1, -0.05) is 0 Å². The second kappa shape index (κ2) is 7.86. The molecule has 0 spiro atoms. The average Bonchev–Trinajstić information content (AvgIpc) is 2.20. The van der Waals surface area contributed by atoms with Crippen LogP contribution in [0, 0.1) is 0 Å². The van der Waals surface area contributed by atoms with Crippen molar-refractivity contribution in [2.75, 3.05) is 24.8 Å².